The highest BCUT2D eigenvalue weighted by Crippen LogP contribution is 2.04. The van der Waals surface area contributed by atoms with Gasteiger partial charge in [0.05, 0.1) is 12.3 Å². The number of hydrogen-bond donors (Lipinski definition) is 0. The van der Waals surface area contributed by atoms with Crippen LogP contribution < -0.4 is 0 Å². The number of hydrogen-bond acceptors (Lipinski definition) is 3. The SMILES string of the molecule is CCN(CC#N)C(=O)c1ccco1. The van der Waals surface area contributed by atoms with E-state index >= 15 is 0 Å². The highest BCUT2D eigenvalue weighted by atomic mass is 16.3. The molecule has 0 radical (unpaired) electrons. The van der Waals surface area contributed by atoms with Crippen molar-refractivity contribution in [1.29, 1.82) is 5.26 Å². The zero-order valence-corrected chi connectivity index (χ0v) is 7.36. The zero-order chi connectivity index (χ0) is 9.68. The van der Waals surface area contributed by atoms with Gasteiger partial charge in [0.25, 0.3) is 5.91 Å². The van der Waals surface area contributed by atoms with Crippen molar-refractivity contribution in [3.63, 3.8) is 0 Å². The van der Waals surface area contributed by atoms with Crippen molar-refractivity contribution in [1.82, 2.24) is 4.90 Å². The van der Waals surface area contributed by atoms with Crippen LogP contribution in [-0.2, 0) is 0 Å². The van der Waals surface area contributed by atoms with E-state index in [1.165, 1.54) is 11.2 Å². The molecule has 0 aliphatic rings. The van der Waals surface area contributed by atoms with E-state index in [1.807, 2.05) is 13.0 Å². The van der Waals surface area contributed by atoms with E-state index in [-0.39, 0.29) is 18.2 Å². The van der Waals surface area contributed by atoms with Crippen molar-refractivity contribution in [2.24, 2.45) is 0 Å². The fourth-order valence-corrected chi connectivity index (χ4v) is 0.969. The van der Waals surface area contributed by atoms with Gasteiger partial charge in [-0.2, -0.15) is 5.26 Å². The first-order chi connectivity index (χ1) is 6.29. The monoisotopic (exact) mass is 178 g/mol. The second-order valence-electron chi connectivity index (χ2n) is 2.45. The third-order valence-electron chi connectivity index (χ3n) is 1.66. The molecule has 0 unspecified atom stereocenters. The number of rotatable bonds is 3. The molecule has 0 atom stereocenters. The van der Waals surface area contributed by atoms with Crippen LogP contribution in [0.15, 0.2) is 22.8 Å². The average Bonchev–Trinajstić information content (AvgIpc) is 2.65. The molecule has 0 aliphatic heterocycles. The lowest BCUT2D eigenvalue weighted by atomic mass is 10.3. The second kappa shape index (κ2) is 4.31. The maximum atomic E-state index is 11.5. The summed E-state index contributed by atoms with van der Waals surface area (Å²) in [5.74, 6) is 0.0335. The minimum atomic E-state index is -0.242. The molecule has 1 heterocycles. The standard InChI is InChI=1S/C9H10N2O2/c1-2-11(6-5-10)9(12)8-4-3-7-13-8/h3-4,7H,2,6H2,1H3. The molecule has 0 aliphatic carbocycles. The normalized spacial score (nSPS) is 9.23. The number of carbonyl (C=O) groups excluding carboxylic acids is 1. The molecule has 68 valence electrons. The van der Waals surface area contributed by atoms with Crippen molar-refractivity contribution in [2.45, 2.75) is 6.92 Å². The predicted molar refractivity (Wildman–Crippen MR) is 45.9 cm³/mol. The van der Waals surface area contributed by atoms with Crippen LogP contribution in [-0.4, -0.2) is 23.9 Å². The Morgan fingerprint density at radius 2 is 2.54 bits per heavy atom. The molecule has 0 aromatic carbocycles. The molecule has 1 aromatic rings. The number of nitrogens with zero attached hydrogens (tertiary/aromatic N) is 2. The fraction of sp³-hybridized carbons (Fsp3) is 0.333. The number of amides is 1. The summed E-state index contributed by atoms with van der Waals surface area (Å²) in [6, 6.07) is 5.16. The van der Waals surface area contributed by atoms with E-state index in [2.05, 4.69) is 0 Å². The van der Waals surface area contributed by atoms with Gasteiger partial charge in [-0.25, -0.2) is 0 Å². The molecule has 13 heavy (non-hydrogen) atoms. The van der Waals surface area contributed by atoms with Gasteiger partial charge in [0.2, 0.25) is 0 Å². The van der Waals surface area contributed by atoms with E-state index < -0.39 is 0 Å². The highest BCUT2D eigenvalue weighted by molar-refractivity contribution is 5.91. The Morgan fingerprint density at radius 1 is 1.77 bits per heavy atom. The molecule has 0 saturated carbocycles. The van der Waals surface area contributed by atoms with Gasteiger partial charge in [0, 0.05) is 6.54 Å². The third kappa shape index (κ3) is 2.09. The van der Waals surface area contributed by atoms with Crippen LogP contribution in [0.25, 0.3) is 0 Å². The maximum Gasteiger partial charge on any atom is 0.290 e. The van der Waals surface area contributed by atoms with E-state index in [0.717, 1.165) is 0 Å². The van der Waals surface area contributed by atoms with Gasteiger partial charge in [-0.15, -0.1) is 0 Å². The molecule has 0 N–H and O–H groups in total. The molecule has 4 heteroatoms. The molecule has 4 nitrogen and oxygen atoms in total. The van der Waals surface area contributed by atoms with E-state index in [0.29, 0.717) is 6.54 Å². The summed E-state index contributed by atoms with van der Waals surface area (Å²) >= 11 is 0. The quantitative estimate of drug-likeness (QED) is 0.655. The smallest absolute Gasteiger partial charge is 0.290 e. The second-order valence-corrected chi connectivity index (χ2v) is 2.45. The van der Waals surface area contributed by atoms with E-state index in [9.17, 15) is 4.79 Å². The molecule has 1 aromatic heterocycles. The Morgan fingerprint density at radius 3 is 3.00 bits per heavy atom. The Kier molecular flexibility index (Phi) is 3.09. The summed E-state index contributed by atoms with van der Waals surface area (Å²) in [6.07, 6.45) is 1.44. The third-order valence-corrected chi connectivity index (χ3v) is 1.66. The van der Waals surface area contributed by atoms with Crippen molar-refractivity contribution in [3.05, 3.63) is 24.2 Å². The van der Waals surface area contributed by atoms with Crippen LogP contribution >= 0.6 is 0 Å². The Labute approximate surface area is 76.4 Å². The van der Waals surface area contributed by atoms with Gasteiger partial charge in [0.1, 0.15) is 6.54 Å². The molecule has 0 saturated heterocycles. The number of nitriles is 1. The Balaban J connectivity index is 2.72. The van der Waals surface area contributed by atoms with Crippen LogP contribution in [0, 0.1) is 11.3 Å². The minimum Gasteiger partial charge on any atom is -0.459 e. The zero-order valence-electron chi connectivity index (χ0n) is 7.36. The first-order valence-electron chi connectivity index (χ1n) is 3.99. The van der Waals surface area contributed by atoms with E-state index in [4.69, 9.17) is 9.68 Å². The summed E-state index contributed by atoms with van der Waals surface area (Å²) in [7, 11) is 0. The van der Waals surface area contributed by atoms with Gasteiger partial charge in [0.15, 0.2) is 5.76 Å². The van der Waals surface area contributed by atoms with Crippen molar-refractivity contribution >= 4 is 5.91 Å². The van der Waals surface area contributed by atoms with Crippen LogP contribution in [0.1, 0.15) is 17.5 Å². The molecule has 1 rings (SSSR count). The summed E-state index contributed by atoms with van der Waals surface area (Å²) < 4.78 is 4.92. The molecular formula is C9H10N2O2. The lowest BCUT2D eigenvalue weighted by molar-refractivity contribution is 0.0752. The average molecular weight is 178 g/mol. The topological polar surface area (TPSA) is 57.2 Å². The fourth-order valence-electron chi connectivity index (χ4n) is 0.969. The summed E-state index contributed by atoms with van der Waals surface area (Å²) in [6.45, 7) is 2.42. The molecular weight excluding hydrogens is 168 g/mol. The maximum absolute atomic E-state index is 11.5. The van der Waals surface area contributed by atoms with E-state index in [1.54, 1.807) is 12.1 Å². The van der Waals surface area contributed by atoms with Crippen LogP contribution in [0.2, 0.25) is 0 Å². The minimum absolute atomic E-state index is 0.0933. The molecule has 1 amide bonds. The Hall–Kier alpha value is -1.76. The van der Waals surface area contributed by atoms with Crippen LogP contribution in [0.5, 0.6) is 0 Å². The Bertz CT molecular complexity index is 311. The summed E-state index contributed by atoms with van der Waals surface area (Å²) in [5, 5.41) is 8.44. The lowest BCUT2D eigenvalue weighted by Gasteiger charge is -2.14. The van der Waals surface area contributed by atoms with Crippen LogP contribution in [0.4, 0.5) is 0 Å². The predicted octanol–water partition coefficient (Wildman–Crippen LogP) is 1.27. The van der Waals surface area contributed by atoms with Crippen molar-refractivity contribution < 1.29 is 9.21 Å². The van der Waals surface area contributed by atoms with Crippen molar-refractivity contribution in [3.8, 4) is 6.07 Å². The lowest BCUT2D eigenvalue weighted by Crippen LogP contribution is -2.30. The van der Waals surface area contributed by atoms with Gasteiger partial charge in [-0.1, -0.05) is 0 Å². The van der Waals surface area contributed by atoms with Gasteiger partial charge in [-0.3, -0.25) is 4.79 Å². The molecule has 0 spiro atoms. The first kappa shape index (κ1) is 9.33. The van der Waals surface area contributed by atoms with Crippen LogP contribution in [0.3, 0.4) is 0 Å². The van der Waals surface area contributed by atoms with Gasteiger partial charge >= 0.3 is 0 Å². The molecule has 0 bridgehead atoms. The first-order valence-corrected chi connectivity index (χ1v) is 3.99. The summed E-state index contributed by atoms with van der Waals surface area (Å²) in [4.78, 5) is 12.9. The molecule has 0 fully saturated rings. The van der Waals surface area contributed by atoms with Gasteiger partial charge in [-0.05, 0) is 19.1 Å². The summed E-state index contributed by atoms with van der Waals surface area (Å²) in [5.41, 5.74) is 0. The van der Waals surface area contributed by atoms with Gasteiger partial charge < -0.3 is 9.32 Å². The number of carbonyl (C=O) groups is 1. The highest BCUT2D eigenvalue weighted by Gasteiger charge is 2.15. The largest absolute Gasteiger partial charge is 0.459 e. The number of furan rings is 1. The van der Waals surface area contributed by atoms with Crippen molar-refractivity contribution in [2.75, 3.05) is 13.1 Å².